The normalized spacial score (nSPS) is 23.0. The Balaban J connectivity index is 1.35. The second kappa shape index (κ2) is 7.98. The highest BCUT2D eigenvalue weighted by atomic mass is 16.7. The van der Waals surface area contributed by atoms with Crippen molar-refractivity contribution in [3.63, 3.8) is 0 Å². The van der Waals surface area contributed by atoms with Crippen LogP contribution in [0.1, 0.15) is 38.8 Å². The van der Waals surface area contributed by atoms with Gasteiger partial charge in [-0.2, -0.15) is 0 Å². The van der Waals surface area contributed by atoms with E-state index < -0.39 is 5.79 Å². The molecule has 2 aliphatic heterocycles. The Bertz CT molecular complexity index is 806. The van der Waals surface area contributed by atoms with Crippen molar-refractivity contribution < 1.29 is 23.7 Å². The molecule has 2 atom stereocenters. The number of rotatable bonds is 8. The van der Waals surface area contributed by atoms with Crippen LogP contribution < -0.4 is 9.47 Å². The molecule has 0 bridgehead atoms. The van der Waals surface area contributed by atoms with Gasteiger partial charge in [0.1, 0.15) is 36.9 Å². The summed E-state index contributed by atoms with van der Waals surface area (Å²) in [7, 11) is 0. The molecule has 0 spiro atoms. The Morgan fingerprint density at radius 3 is 1.72 bits per heavy atom. The zero-order chi connectivity index (χ0) is 20.5. The molecule has 5 nitrogen and oxygen atoms in total. The first-order chi connectivity index (χ1) is 13.8. The number of benzene rings is 2. The summed E-state index contributed by atoms with van der Waals surface area (Å²) in [6.45, 7) is 10.8. The average molecular weight is 398 g/mol. The standard InChI is InChI=1S/C24H30O5/c1-23(2,17-5-9-19(10-6-17)25-13-21-14-27-21)18-7-11-20(12-8-18)26-15-22-16-28-24(3,4)29-22/h5-12,21-22H,13-16H2,1-4H3/t21-,22?/m0/s1. The summed E-state index contributed by atoms with van der Waals surface area (Å²) in [5, 5.41) is 0. The van der Waals surface area contributed by atoms with E-state index in [2.05, 4.69) is 38.1 Å². The molecule has 2 heterocycles. The largest absolute Gasteiger partial charge is 0.491 e. The molecular weight excluding hydrogens is 368 g/mol. The van der Waals surface area contributed by atoms with Gasteiger partial charge in [-0.05, 0) is 49.2 Å². The fraction of sp³-hybridized carbons (Fsp3) is 0.500. The van der Waals surface area contributed by atoms with Crippen molar-refractivity contribution in [2.75, 3.05) is 26.4 Å². The number of epoxide rings is 1. The molecule has 2 aromatic carbocycles. The van der Waals surface area contributed by atoms with Crippen LogP contribution in [0.4, 0.5) is 0 Å². The summed E-state index contributed by atoms with van der Waals surface area (Å²) < 4.78 is 28.2. The summed E-state index contributed by atoms with van der Waals surface area (Å²) >= 11 is 0. The highest BCUT2D eigenvalue weighted by Gasteiger charge is 2.33. The maximum Gasteiger partial charge on any atom is 0.163 e. The van der Waals surface area contributed by atoms with Crippen LogP contribution >= 0.6 is 0 Å². The fourth-order valence-electron chi connectivity index (χ4n) is 3.49. The molecule has 2 aliphatic rings. The van der Waals surface area contributed by atoms with Crippen LogP contribution in [0.3, 0.4) is 0 Å². The molecule has 4 rings (SSSR count). The Hall–Kier alpha value is -2.08. The molecule has 0 aliphatic carbocycles. The minimum atomic E-state index is -0.520. The van der Waals surface area contributed by atoms with E-state index in [9.17, 15) is 0 Å². The van der Waals surface area contributed by atoms with E-state index in [1.807, 2.05) is 38.1 Å². The fourth-order valence-corrected chi connectivity index (χ4v) is 3.49. The van der Waals surface area contributed by atoms with Gasteiger partial charge in [-0.1, -0.05) is 38.1 Å². The van der Waals surface area contributed by atoms with Gasteiger partial charge in [0.15, 0.2) is 5.79 Å². The van der Waals surface area contributed by atoms with E-state index in [0.29, 0.717) is 19.8 Å². The molecule has 5 heteroatoms. The molecule has 0 aromatic heterocycles. The minimum Gasteiger partial charge on any atom is -0.491 e. The monoisotopic (exact) mass is 398 g/mol. The van der Waals surface area contributed by atoms with E-state index in [4.69, 9.17) is 23.7 Å². The predicted molar refractivity (Wildman–Crippen MR) is 111 cm³/mol. The van der Waals surface area contributed by atoms with Gasteiger partial charge in [0, 0.05) is 5.41 Å². The van der Waals surface area contributed by atoms with E-state index in [1.165, 1.54) is 11.1 Å². The zero-order valence-electron chi connectivity index (χ0n) is 17.6. The van der Waals surface area contributed by atoms with Crippen molar-refractivity contribution >= 4 is 0 Å². The van der Waals surface area contributed by atoms with Gasteiger partial charge < -0.3 is 23.7 Å². The third-order valence-electron chi connectivity index (χ3n) is 5.49. The SMILES string of the molecule is CC1(C)OCC(COc2ccc(C(C)(C)c3ccc(OC[C@H]4CO4)cc3)cc2)O1. The Morgan fingerprint density at radius 1 is 0.828 bits per heavy atom. The molecule has 1 unspecified atom stereocenters. The molecule has 156 valence electrons. The van der Waals surface area contributed by atoms with E-state index in [1.54, 1.807) is 0 Å². The molecule has 0 amide bonds. The van der Waals surface area contributed by atoms with Gasteiger partial charge in [-0.25, -0.2) is 0 Å². The third kappa shape index (κ3) is 5.10. The van der Waals surface area contributed by atoms with Crippen molar-refractivity contribution in [1.29, 1.82) is 0 Å². The first kappa shape index (κ1) is 20.2. The molecule has 2 fully saturated rings. The molecule has 0 N–H and O–H groups in total. The summed E-state index contributed by atoms with van der Waals surface area (Å²) in [6, 6.07) is 16.6. The Morgan fingerprint density at radius 2 is 1.31 bits per heavy atom. The van der Waals surface area contributed by atoms with Crippen molar-refractivity contribution in [3.8, 4) is 11.5 Å². The summed E-state index contributed by atoms with van der Waals surface area (Å²) in [4.78, 5) is 0. The van der Waals surface area contributed by atoms with E-state index >= 15 is 0 Å². The van der Waals surface area contributed by atoms with Crippen molar-refractivity contribution in [2.24, 2.45) is 0 Å². The summed E-state index contributed by atoms with van der Waals surface area (Å²) in [5.41, 5.74) is 2.34. The van der Waals surface area contributed by atoms with Gasteiger partial charge in [0.25, 0.3) is 0 Å². The Kier molecular flexibility index (Phi) is 5.56. The minimum absolute atomic E-state index is 0.0340. The lowest BCUT2D eigenvalue weighted by molar-refractivity contribution is -0.141. The van der Waals surface area contributed by atoms with Crippen molar-refractivity contribution in [3.05, 3.63) is 59.7 Å². The van der Waals surface area contributed by atoms with Crippen LogP contribution in [0.2, 0.25) is 0 Å². The van der Waals surface area contributed by atoms with Gasteiger partial charge in [-0.15, -0.1) is 0 Å². The van der Waals surface area contributed by atoms with Gasteiger partial charge in [0.2, 0.25) is 0 Å². The van der Waals surface area contributed by atoms with Crippen LogP contribution in [0.25, 0.3) is 0 Å². The van der Waals surface area contributed by atoms with Gasteiger partial charge in [-0.3, -0.25) is 0 Å². The Labute approximate surface area is 172 Å². The maximum atomic E-state index is 5.89. The highest BCUT2D eigenvalue weighted by Crippen LogP contribution is 2.33. The van der Waals surface area contributed by atoms with E-state index in [0.717, 1.165) is 18.1 Å². The van der Waals surface area contributed by atoms with Crippen LogP contribution in [-0.2, 0) is 19.6 Å². The number of hydrogen-bond acceptors (Lipinski definition) is 5. The first-order valence-electron chi connectivity index (χ1n) is 10.2. The average Bonchev–Trinajstić information content (AvgIpc) is 3.47. The molecule has 0 radical (unpaired) electrons. The van der Waals surface area contributed by atoms with Crippen LogP contribution in [0, 0.1) is 0 Å². The lowest BCUT2D eigenvalue weighted by Crippen LogP contribution is -2.25. The van der Waals surface area contributed by atoms with Crippen LogP contribution in [0.15, 0.2) is 48.5 Å². The van der Waals surface area contributed by atoms with Crippen LogP contribution in [-0.4, -0.2) is 44.4 Å². The summed E-state index contributed by atoms with van der Waals surface area (Å²) in [6.07, 6.45) is 0.236. The predicted octanol–water partition coefficient (Wildman–Crippen LogP) is 4.32. The highest BCUT2D eigenvalue weighted by molar-refractivity contribution is 5.41. The quantitative estimate of drug-likeness (QED) is 0.620. The molecule has 2 saturated heterocycles. The summed E-state index contributed by atoms with van der Waals surface area (Å²) in [5.74, 6) is 1.20. The third-order valence-corrected chi connectivity index (χ3v) is 5.49. The molecular formula is C24H30O5. The smallest absolute Gasteiger partial charge is 0.163 e. The second-order valence-corrected chi connectivity index (χ2v) is 8.70. The van der Waals surface area contributed by atoms with Gasteiger partial charge >= 0.3 is 0 Å². The number of ether oxygens (including phenoxy) is 5. The van der Waals surface area contributed by atoms with Gasteiger partial charge in [0.05, 0.1) is 13.2 Å². The first-order valence-corrected chi connectivity index (χ1v) is 10.2. The molecule has 29 heavy (non-hydrogen) atoms. The second-order valence-electron chi connectivity index (χ2n) is 8.70. The topological polar surface area (TPSA) is 49.5 Å². The van der Waals surface area contributed by atoms with E-state index in [-0.39, 0.29) is 17.6 Å². The number of hydrogen-bond donors (Lipinski definition) is 0. The maximum absolute atomic E-state index is 5.89. The lowest BCUT2D eigenvalue weighted by Gasteiger charge is -2.26. The van der Waals surface area contributed by atoms with Crippen molar-refractivity contribution in [2.45, 2.75) is 51.1 Å². The molecule has 0 saturated carbocycles. The zero-order valence-corrected chi connectivity index (χ0v) is 17.6. The lowest BCUT2D eigenvalue weighted by atomic mass is 9.78. The van der Waals surface area contributed by atoms with Crippen LogP contribution in [0.5, 0.6) is 11.5 Å². The van der Waals surface area contributed by atoms with Crippen molar-refractivity contribution in [1.82, 2.24) is 0 Å². The molecule has 2 aromatic rings.